The molecule has 1 atom stereocenters. The maximum Gasteiger partial charge on any atom is 0.260 e. The van der Waals surface area contributed by atoms with Gasteiger partial charge in [-0.15, -0.1) is 12.4 Å². The average molecular weight is 319 g/mol. The van der Waals surface area contributed by atoms with E-state index in [9.17, 15) is 4.79 Å². The zero-order chi connectivity index (χ0) is 13.7. The van der Waals surface area contributed by atoms with Crippen molar-refractivity contribution in [1.29, 1.82) is 0 Å². The molecule has 0 aromatic heterocycles. The third-order valence-corrected chi connectivity index (χ3v) is 3.53. The summed E-state index contributed by atoms with van der Waals surface area (Å²) in [6.45, 7) is 1.73. The Bertz CT molecular complexity index is 443. The summed E-state index contributed by atoms with van der Waals surface area (Å²) in [4.78, 5) is 14.0. The van der Waals surface area contributed by atoms with Crippen LogP contribution in [0.25, 0.3) is 0 Å². The molecule has 1 N–H and O–H groups in total. The number of carbonyl (C=O) groups excluding carboxylic acids is 1. The molecule has 1 aromatic rings. The van der Waals surface area contributed by atoms with E-state index in [4.69, 9.17) is 16.3 Å². The van der Waals surface area contributed by atoms with Gasteiger partial charge >= 0.3 is 0 Å². The zero-order valence-corrected chi connectivity index (χ0v) is 13.0. The maximum atomic E-state index is 12.1. The van der Waals surface area contributed by atoms with Crippen molar-refractivity contribution in [1.82, 2.24) is 10.2 Å². The lowest BCUT2D eigenvalue weighted by Crippen LogP contribution is -2.43. The molecule has 1 fully saturated rings. The normalized spacial score (nSPS) is 17.7. The van der Waals surface area contributed by atoms with E-state index in [1.165, 1.54) is 0 Å². The number of amides is 1. The number of benzene rings is 1. The number of carbonyl (C=O) groups is 1. The van der Waals surface area contributed by atoms with Gasteiger partial charge in [-0.25, -0.2) is 0 Å². The SMILES string of the molecule is CNCC1CCCN1C(=O)COc1cccc(Cl)c1.Cl. The lowest BCUT2D eigenvalue weighted by atomic mass is 10.2. The third-order valence-electron chi connectivity index (χ3n) is 3.30. The van der Waals surface area contributed by atoms with Gasteiger partial charge in [0.25, 0.3) is 5.91 Å². The van der Waals surface area contributed by atoms with E-state index in [1.807, 2.05) is 18.0 Å². The summed E-state index contributed by atoms with van der Waals surface area (Å²) in [5, 5.41) is 3.73. The lowest BCUT2D eigenvalue weighted by Gasteiger charge is -2.24. The van der Waals surface area contributed by atoms with Crippen LogP contribution < -0.4 is 10.1 Å². The van der Waals surface area contributed by atoms with Gasteiger partial charge in [0.15, 0.2) is 6.61 Å². The first-order valence-electron chi connectivity index (χ1n) is 6.53. The van der Waals surface area contributed by atoms with Gasteiger partial charge < -0.3 is 15.0 Å². The Morgan fingerprint density at radius 3 is 3.05 bits per heavy atom. The fraction of sp³-hybridized carbons (Fsp3) is 0.500. The van der Waals surface area contributed by atoms with Crippen LogP contribution in [0.15, 0.2) is 24.3 Å². The van der Waals surface area contributed by atoms with E-state index < -0.39 is 0 Å². The highest BCUT2D eigenvalue weighted by molar-refractivity contribution is 6.30. The highest BCUT2D eigenvalue weighted by atomic mass is 35.5. The molecule has 1 heterocycles. The number of ether oxygens (including phenoxy) is 1. The average Bonchev–Trinajstić information content (AvgIpc) is 2.85. The summed E-state index contributed by atoms with van der Waals surface area (Å²) in [5.74, 6) is 0.669. The van der Waals surface area contributed by atoms with Crippen LogP contribution in [0.4, 0.5) is 0 Å². The van der Waals surface area contributed by atoms with E-state index in [-0.39, 0.29) is 24.9 Å². The van der Waals surface area contributed by atoms with E-state index in [1.54, 1.807) is 18.2 Å². The standard InChI is InChI=1S/C14H19ClN2O2.ClH/c1-16-9-12-5-3-7-17(12)14(18)10-19-13-6-2-4-11(15)8-13;/h2,4,6,8,12,16H,3,5,7,9-10H2,1H3;1H. The van der Waals surface area contributed by atoms with Crippen molar-refractivity contribution < 1.29 is 9.53 Å². The number of nitrogens with zero attached hydrogens (tertiary/aromatic N) is 1. The van der Waals surface area contributed by atoms with Gasteiger partial charge in [-0.1, -0.05) is 17.7 Å². The second-order valence-electron chi connectivity index (χ2n) is 4.69. The molecule has 0 aliphatic carbocycles. The number of nitrogens with one attached hydrogen (secondary N) is 1. The highest BCUT2D eigenvalue weighted by Crippen LogP contribution is 2.19. The molecule has 1 aliphatic rings. The molecule has 0 saturated carbocycles. The first kappa shape index (κ1) is 17.1. The quantitative estimate of drug-likeness (QED) is 0.906. The minimum Gasteiger partial charge on any atom is -0.484 e. The van der Waals surface area contributed by atoms with Gasteiger partial charge in [0.1, 0.15) is 5.75 Å². The molecule has 1 amide bonds. The summed E-state index contributed by atoms with van der Waals surface area (Å²) in [7, 11) is 1.91. The Morgan fingerprint density at radius 2 is 2.35 bits per heavy atom. The van der Waals surface area contributed by atoms with E-state index in [0.717, 1.165) is 25.9 Å². The van der Waals surface area contributed by atoms with E-state index >= 15 is 0 Å². The van der Waals surface area contributed by atoms with Crippen molar-refractivity contribution in [2.24, 2.45) is 0 Å². The Balaban J connectivity index is 0.00000200. The van der Waals surface area contributed by atoms with Crippen molar-refractivity contribution in [3.05, 3.63) is 29.3 Å². The zero-order valence-electron chi connectivity index (χ0n) is 11.5. The van der Waals surface area contributed by atoms with Gasteiger partial charge in [-0.3, -0.25) is 4.79 Å². The largest absolute Gasteiger partial charge is 0.484 e. The number of halogens is 2. The number of likely N-dealkylation sites (tertiary alicyclic amines) is 1. The maximum absolute atomic E-state index is 12.1. The van der Waals surface area contributed by atoms with Crippen molar-refractivity contribution in [3.63, 3.8) is 0 Å². The minimum absolute atomic E-state index is 0. The fourth-order valence-electron chi connectivity index (χ4n) is 2.40. The number of rotatable bonds is 5. The van der Waals surface area contributed by atoms with Crippen LogP contribution in [-0.2, 0) is 4.79 Å². The topological polar surface area (TPSA) is 41.6 Å². The smallest absolute Gasteiger partial charge is 0.260 e. The van der Waals surface area contributed by atoms with Crippen molar-refractivity contribution in [2.75, 3.05) is 26.7 Å². The van der Waals surface area contributed by atoms with Gasteiger partial charge in [0.05, 0.1) is 0 Å². The predicted molar refractivity (Wildman–Crippen MR) is 82.9 cm³/mol. The van der Waals surface area contributed by atoms with Crippen molar-refractivity contribution in [2.45, 2.75) is 18.9 Å². The monoisotopic (exact) mass is 318 g/mol. The Labute approximate surface area is 130 Å². The Kier molecular flexibility index (Phi) is 7.13. The highest BCUT2D eigenvalue weighted by Gasteiger charge is 2.28. The Hall–Kier alpha value is -0.970. The van der Waals surface area contributed by atoms with Crippen LogP contribution in [0.1, 0.15) is 12.8 Å². The summed E-state index contributed by atoms with van der Waals surface area (Å²) in [6, 6.07) is 7.39. The molecule has 0 radical (unpaired) electrons. The molecule has 1 unspecified atom stereocenters. The van der Waals surface area contributed by atoms with E-state index in [2.05, 4.69) is 5.32 Å². The molecular formula is C14H20Cl2N2O2. The molecule has 0 bridgehead atoms. The summed E-state index contributed by atoms with van der Waals surface area (Å²) >= 11 is 5.87. The second kappa shape index (κ2) is 8.35. The molecule has 4 nitrogen and oxygen atoms in total. The summed E-state index contributed by atoms with van der Waals surface area (Å²) in [6.07, 6.45) is 2.12. The number of hydrogen-bond acceptors (Lipinski definition) is 3. The van der Waals surface area contributed by atoms with Crippen LogP contribution in [0.2, 0.25) is 5.02 Å². The number of hydrogen-bond donors (Lipinski definition) is 1. The molecule has 1 saturated heterocycles. The molecule has 6 heteroatoms. The first-order chi connectivity index (χ1) is 9.20. The Morgan fingerprint density at radius 1 is 1.55 bits per heavy atom. The van der Waals surface area contributed by atoms with Gasteiger partial charge in [-0.2, -0.15) is 0 Å². The fourth-order valence-corrected chi connectivity index (χ4v) is 2.58. The van der Waals surface area contributed by atoms with Crippen LogP contribution in [-0.4, -0.2) is 43.6 Å². The van der Waals surface area contributed by atoms with Gasteiger partial charge in [0, 0.05) is 24.2 Å². The molecule has 2 rings (SSSR count). The molecule has 1 aliphatic heterocycles. The minimum atomic E-state index is 0. The van der Waals surface area contributed by atoms with Crippen LogP contribution in [0.3, 0.4) is 0 Å². The van der Waals surface area contributed by atoms with Gasteiger partial charge in [-0.05, 0) is 38.1 Å². The summed E-state index contributed by atoms with van der Waals surface area (Å²) < 4.78 is 5.49. The van der Waals surface area contributed by atoms with Crippen LogP contribution in [0.5, 0.6) is 5.75 Å². The predicted octanol–water partition coefficient (Wildman–Crippen LogP) is 2.35. The molecule has 0 spiro atoms. The van der Waals surface area contributed by atoms with Crippen LogP contribution >= 0.6 is 24.0 Å². The number of likely N-dealkylation sites (N-methyl/N-ethyl adjacent to an activating group) is 1. The molecular weight excluding hydrogens is 299 g/mol. The molecule has 20 heavy (non-hydrogen) atoms. The molecule has 112 valence electrons. The third kappa shape index (κ3) is 4.54. The van der Waals surface area contributed by atoms with Gasteiger partial charge in [0.2, 0.25) is 0 Å². The lowest BCUT2D eigenvalue weighted by molar-refractivity contribution is -0.134. The van der Waals surface area contributed by atoms with Crippen molar-refractivity contribution in [3.8, 4) is 5.75 Å². The molecule has 1 aromatic carbocycles. The van der Waals surface area contributed by atoms with E-state index in [0.29, 0.717) is 16.8 Å². The first-order valence-corrected chi connectivity index (χ1v) is 6.91. The second-order valence-corrected chi connectivity index (χ2v) is 5.12. The van der Waals surface area contributed by atoms with Crippen molar-refractivity contribution >= 4 is 29.9 Å². The summed E-state index contributed by atoms with van der Waals surface area (Å²) in [5.41, 5.74) is 0. The van der Waals surface area contributed by atoms with Crippen LogP contribution in [0, 0.1) is 0 Å².